The quantitative estimate of drug-likeness (QED) is 0.661. The number of nitrogens with zero attached hydrogens (tertiary/aromatic N) is 1. The van der Waals surface area contributed by atoms with E-state index >= 15 is 0 Å². The average molecular weight is 356 g/mol. The Hall–Kier alpha value is -2.78. The van der Waals surface area contributed by atoms with Crippen LogP contribution in [0.2, 0.25) is 0 Å². The summed E-state index contributed by atoms with van der Waals surface area (Å²) in [6, 6.07) is 12.7. The number of hydrogen-bond donors (Lipinski definition) is 1. The van der Waals surface area contributed by atoms with Crippen LogP contribution in [-0.4, -0.2) is 25.2 Å². The molecule has 138 valence electrons. The lowest BCUT2D eigenvalue weighted by Gasteiger charge is -2.22. The molecular formula is C20H24N2O4. The number of benzene rings is 1. The number of para-hydroxylation sites is 1. The maximum Gasteiger partial charge on any atom is 0.261 e. The van der Waals surface area contributed by atoms with Crippen LogP contribution in [0.25, 0.3) is 0 Å². The first-order valence-electron chi connectivity index (χ1n) is 8.65. The fourth-order valence-corrected chi connectivity index (χ4v) is 2.34. The van der Waals surface area contributed by atoms with Crippen molar-refractivity contribution in [2.75, 3.05) is 13.2 Å². The molecule has 0 radical (unpaired) electrons. The fourth-order valence-electron chi connectivity index (χ4n) is 2.34. The molecule has 1 heterocycles. The highest BCUT2D eigenvalue weighted by Gasteiger charge is 2.24. The Kier molecular flexibility index (Phi) is 7.72. The molecule has 0 saturated heterocycles. The first kappa shape index (κ1) is 19.5. The molecule has 1 aromatic heterocycles. The summed E-state index contributed by atoms with van der Waals surface area (Å²) in [6.07, 6.45) is 1.63. The molecule has 6 nitrogen and oxygen atoms in total. The highest BCUT2D eigenvalue weighted by molar-refractivity contribution is 5.81. The molecule has 2 rings (SSSR count). The number of furan rings is 1. The number of amides is 1. The Labute approximate surface area is 153 Å². The molecule has 0 bridgehead atoms. The Morgan fingerprint density at radius 1 is 1.27 bits per heavy atom. The van der Waals surface area contributed by atoms with E-state index in [0.717, 1.165) is 5.76 Å². The number of rotatable bonds is 10. The van der Waals surface area contributed by atoms with E-state index in [1.807, 2.05) is 26.0 Å². The van der Waals surface area contributed by atoms with Crippen molar-refractivity contribution in [3.05, 3.63) is 54.0 Å². The van der Waals surface area contributed by atoms with E-state index in [9.17, 15) is 4.79 Å². The van der Waals surface area contributed by atoms with Gasteiger partial charge in [0.1, 0.15) is 24.2 Å². The fraction of sp³-hybridized carbons (Fsp3) is 0.400. The van der Waals surface area contributed by atoms with Crippen LogP contribution in [0, 0.1) is 17.2 Å². The van der Waals surface area contributed by atoms with Gasteiger partial charge in [-0.3, -0.25) is 4.79 Å². The standard InChI is InChI=1S/C20H24N2O4/c1-15(2)19(26-18-9-4-3-7-16(18)13-21)20(23)22-10-6-11-24-14-17-8-5-12-25-17/h3-5,7-9,12,15,19H,6,10-11,14H2,1-2H3,(H,22,23). The topological polar surface area (TPSA) is 84.5 Å². The van der Waals surface area contributed by atoms with Crippen LogP contribution in [0.5, 0.6) is 5.75 Å². The number of hydrogen-bond acceptors (Lipinski definition) is 5. The van der Waals surface area contributed by atoms with Crippen LogP contribution in [0.4, 0.5) is 0 Å². The molecule has 1 unspecified atom stereocenters. The number of carbonyl (C=O) groups excluding carboxylic acids is 1. The zero-order chi connectivity index (χ0) is 18.8. The molecule has 0 fully saturated rings. The number of nitrogens with one attached hydrogen (secondary N) is 1. The minimum atomic E-state index is -0.659. The average Bonchev–Trinajstić information content (AvgIpc) is 3.15. The van der Waals surface area contributed by atoms with Gasteiger partial charge in [0.2, 0.25) is 0 Å². The predicted molar refractivity (Wildman–Crippen MR) is 96.4 cm³/mol. The van der Waals surface area contributed by atoms with E-state index in [-0.39, 0.29) is 11.8 Å². The molecule has 0 spiro atoms. The third kappa shape index (κ3) is 5.94. The van der Waals surface area contributed by atoms with Gasteiger partial charge in [-0.05, 0) is 36.6 Å². The van der Waals surface area contributed by atoms with E-state index in [1.54, 1.807) is 30.5 Å². The molecule has 1 atom stereocenters. The second kappa shape index (κ2) is 10.3. The van der Waals surface area contributed by atoms with Crippen molar-refractivity contribution in [3.63, 3.8) is 0 Å². The van der Waals surface area contributed by atoms with Crippen LogP contribution < -0.4 is 10.1 Å². The Morgan fingerprint density at radius 3 is 2.77 bits per heavy atom. The molecule has 1 aromatic carbocycles. The van der Waals surface area contributed by atoms with Gasteiger partial charge >= 0.3 is 0 Å². The van der Waals surface area contributed by atoms with Crippen molar-refractivity contribution in [2.24, 2.45) is 5.92 Å². The number of nitriles is 1. The second-order valence-electron chi connectivity index (χ2n) is 6.17. The second-order valence-corrected chi connectivity index (χ2v) is 6.17. The van der Waals surface area contributed by atoms with Gasteiger partial charge < -0.3 is 19.2 Å². The summed E-state index contributed by atoms with van der Waals surface area (Å²) >= 11 is 0. The Balaban J connectivity index is 1.76. The molecular weight excluding hydrogens is 332 g/mol. The summed E-state index contributed by atoms with van der Waals surface area (Å²) in [4.78, 5) is 12.4. The number of ether oxygens (including phenoxy) is 2. The molecule has 0 aliphatic carbocycles. The normalized spacial score (nSPS) is 11.8. The lowest BCUT2D eigenvalue weighted by Crippen LogP contribution is -2.42. The molecule has 1 amide bonds. The van der Waals surface area contributed by atoms with Gasteiger partial charge in [0.15, 0.2) is 6.10 Å². The van der Waals surface area contributed by atoms with Crippen molar-refractivity contribution in [3.8, 4) is 11.8 Å². The van der Waals surface area contributed by atoms with Crippen LogP contribution in [0.15, 0.2) is 47.1 Å². The van der Waals surface area contributed by atoms with Gasteiger partial charge in [-0.1, -0.05) is 26.0 Å². The smallest absolute Gasteiger partial charge is 0.261 e. The van der Waals surface area contributed by atoms with E-state index in [4.69, 9.17) is 19.2 Å². The van der Waals surface area contributed by atoms with E-state index in [0.29, 0.717) is 37.5 Å². The molecule has 26 heavy (non-hydrogen) atoms. The van der Waals surface area contributed by atoms with E-state index < -0.39 is 6.10 Å². The zero-order valence-electron chi connectivity index (χ0n) is 15.1. The van der Waals surface area contributed by atoms with Crippen LogP contribution in [-0.2, 0) is 16.1 Å². The number of carbonyl (C=O) groups is 1. The SMILES string of the molecule is CC(C)C(Oc1ccccc1C#N)C(=O)NCCCOCc1ccco1. The highest BCUT2D eigenvalue weighted by Crippen LogP contribution is 2.20. The van der Waals surface area contributed by atoms with E-state index in [1.165, 1.54) is 0 Å². The van der Waals surface area contributed by atoms with Crippen molar-refractivity contribution >= 4 is 5.91 Å². The molecule has 0 aliphatic rings. The third-order valence-electron chi connectivity index (χ3n) is 3.71. The van der Waals surface area contributed by atoms with Gasteiger partial charge in [0, 0.05) is 13.2 Å². The minimum absolute atomic E-state index is 0.0306. The van der Waals surface area contributed by atoms with Crippen molar-refractivity contribution in [1.29, 1.82) is 5.26 Å². The Morgan fingerprint density at radius 2 is 2.08 bits per heavy atom. The van der Waals surface area contributed by atoms with Crippen LogP contribution in [0.1, 0.15) is 31.6 Å². The molecule has 6 heteroatoms. The predicted octanol–water partition coefficient (Wildman–Crippen LogP) is 3.28. The minimum Gasteiger partial charge on any atom is -0.479 e. The summed E-state index contributed by atoms with van der Waals surface area (Å²) in [5.41, 5.74) is 0.414. The summed E-state index contributed by atoms with van der Waals surface area (Å²) in [5, 5.41) is 12.0. The summed E-state index contributed by atoms with van der Waals surface area (Å²) < 4.78 is 16.5. The maximum atomic E-state index is 12.4. The summed E-state index contributed by atoms with van der Waals surface area (Å²) in [7, 11) is 0. The molecule has 0 saturated carbocycles. The molecule has 0 aliphatic heterocycles. The van der Waals surface area contributed by atoms with Gasteiger partial charge in [0.25, 0.3) is 5.91 Å². The Bertz CT molecular complexity index is 720. The first-order valence-corrected chi connectivity index (χ1v) is 8.65. The maximum absolute atomic E-state index is 12.4. The van der Waals surface area contributed by atoms with Crippen molar-refractivity contribution in [1.82, 2.24) is 5.32 Å². The largest absolute Gasteiger partial charge is 0.479 e. The monoisotopic (exact) mass is 356 g/mol. The first-order chi connectivity index (χ1) is 12.6. The highest BCUT2D eigenvalue weighted by atomic mass is 16.5. The van der Waals surface area contributed by atoms with Crippen LogP contribution in [0.3, 0.4) is 0 Å². The van der Waals surface area contributed by atoms with Gasteiger partial charge in [-0.2, -0.15) is 5.26 Å². The van der Waals surface area contributed by atoms with Crippen molar-refractivity contribution in [2.45, 2.75) is 33.0 Å². The van der Waals surface area contributed by atoms with Crippen LogP contribution >= 0.6 is 0 Å². The molecule has 2 aromatic rings. The van der Waals surface area contributed by atoms with Crippen molar-refractivity contribution < 1.29 is 18.7 Å². The van der Waals surface area contributed by atoms with Gasteiger partial charge in [0.05, 0.1) is 11.8 Å². The summed E-state index contributed by atoms with van der Waals surface area (Å²) in [6.45, 7) is 5.25. The molecule has 1 N–H and O–H groups in total. The van der Waals surface area contributed by atoms with Gasteiger partial charge in [-0.15, -0.1) is 0 Å². The van der Waals surface area contributed by atoms with E-state index in [2.05, 4.69) is 11.4 Å². The lowest BCUT2D eigenvalue weighted by molar-refractivity contribution is -0.129. The third-order valence-corrected chi connectivity index (χ3v) is 3.71. The lowest BCUT2D eigenvalue weighted by atomic mass is 10.1. The zero-order valence-corrected chi connectivity index (χ0v) is 15.1. The summed E-state index contributed by atoms with van der Waals surface area (Å²) in [5.74, 6) is 0.972. The van der Waals surface area contributed by atoms with Gasteiger partial charge in [-0.25, -0.2) is 0 Å².